The van der Waals surface area contributed by atoms with E-state index < -0.39 is 10.0 Å². The standard InChI is InChI=1S/C35H28N2O2S/c1-26-21-23-30(24-22-26)40(38,39)37(25-27-13-5-2-6-14-27)35-31-19-11-12-20-32(31)36-34(29-17-9-4-10-18-29)33(35)28-15-7-3-8-16-28/h2-24H,25H2,1H3. The zero-order chi connectivity index (χ0) is 27.5. The monoisotopic (exact) mass is 540 g/mol. The number of aromatic nitrogens is 1. The first kappa shape index (κ1) is 25.5. The summed E-state index contributed by atoms with van der Waals surface area (Å²) in [4.78, 5) is 5.36. The summed E-state index contributed by atoms with van der Waals surface area (Å²) in [6.45, 7) is 2.12. The van der Waals surface area contributed by atoms with Gasteiger partial charge in [0.25, 0.3) is 10.0 Å². The maximum Gasteiger partial charge on any atom is 0.264 e. The Kier molecular flexibility index (Phi) is 6.89. The first-order valence-corrected chi connectivity index (χ1v) is 14.6. The Hall–Kier alpha value is -4.74. The molecular formula is C35H28N2O2S. The van der Waals surface area contributed by atoms with Crippen LogP contribution in [0.25, 0.3) is 33.3 Å². The summed E-state index contributed by atoms with van der Waals surface area (Å²) in [5.41, 5.74) is 6.55. The van der Waals surface area contributed by atoms with Crippen LogP contribution in [0.3, 0.4) is 0 Å². The van der Waals surface area contributed by atoms with Crippen LogP contribution in [0, 0.1) is 6.92 Å². The van der Waals surface area contributed by atoms with Crippen LogP contribution in [0.2, 0.25) is 0 Å². The molecule has 0 aliphatic carbocycles. The minimum absolute atomic E-state index is 0.166. The van der Waals surface area contributed by atoms with Crippen LogP contribution >= 0.6 is 0 Å². The van der Waals surface area contributed by atoms with E-state index in [-0.39, 0.29) is 11.4 Å². The van der Waals surface area contributed by atoms with Gasteiger partial charge in [0.15, 0.2) is 0 Å². The molecule has 0 aliphatic heterocycles. The van der Waals surface area contributed by atoms with Crippen molar-refractivity contribution in [2.45, 2.75) is 18.4 Å². The van der Waals surface area contributed by atoms with Gasteiger partial charge in [0, 0.05) is 16.5 Å². The summed E-state index contributed by atoms with van der Waals surface area (Å²) in [6.07, 6.45) is 0. The van der Waals surface area contributed by atoms with Gasteiger partial charge in [0.1, 0.15) is 0 Å². The largest absolute Gasteiger partial charge is 0.264 e. The number of anilines is 1. The second-order valence-electron chi connectivity index (χ2n) is 9.74. The number of aryl methyl sites for hydroxylation is 1. The van der Waals surface area contributed by atoms with E-state index in [9.17, 15) is 8.42 Å². The smallest absolute Gasteiger partial charge is 0.261 e. The topological polar surface area (TPSA) is 50.3 Å². The van der Waals surface area contributed by atoms with Crippen molar-refractivity contribution in [2.24, 2.45) is 0 Å². The molecular weight excluding hydrogens is 512 g/mol. The zero-order valence-electron chi connectivity index (χ0n) is 22.1. The predicted octanol–water partition coefficient (Wildman–Crippen LogP) is 8.27. The molecule has 1 heterocycles. The van der Waals surface area contributed by atoms with Gasteiger partial charge in [-0.25, -0.2) is 13.4 Å². The van der Waals surface area contributed by atoms with E-state index in [1.54, 1.807) is 16.4 Å². The molecule has 0 N–H and O–H groups in total. The molecule has 5 aromatic carbocycles. The van der Waals surface area contributed by atoms with E-state index in [1.807, 2.05) is 134 Å². The van der Waals surface area contributed by atoms with E-state index in [1.165, 1.54) is 0 Å². The average molecular weight is 541 g/mol. The van der Waals surface area contributed by atoms with E-state index in [4.69, 9.17) is 4.98 Å². The second kappa shape index (κ2) is 10.8. The van der Waals surface area contributed by atoms with Gasteiger partial charge in [-0.2, -0.15) is 0 Å². The lowest BCUT2D eigenvalue weighted by Crippen LogP contribution is -2.31. The summed E-state index contributed by atoms with van der Waals surface area (Å²) in [6, 6.07) is 44.4. The molecule has 0 fully saturated rings. The summed E-state index contributed by atoms with van der Waals surface area (Å²) in [5, 5.41) is 0.771. The highest BCUT2D eigenvalue weighted by atomic mass is 32.2. The number of fused-ring (bicyclic) bond motifs is 1. The molecule has 6 aromatic rings. The molecule has 0 atom stereocenters. The average Bonchev–Trinajstić information content (AvgIpc) is 3.00. The Bertz CT molecular complexity index is 1870. The highest BCUT2D eigenvalue weighted by molar-refractivity contribution is 7.92. The molecule has 5 heteroatoms. The lowest BCUT2D eigenvalue weighted by atomic mass is 9.95. The van der Waals surface area contributed by atoms with Crippen molar-refractivity contribution in [3.05, 3.63) is 151 Å². The van der Waals surface area contributed by atoms with Crippen LogP contribution in [0.4, 0.5) is 5.69 Å². The van der Waals surface area contributed by atoms with Crippen molar-refractivity contribution in [3.8, 4) is 22.4 Å². The fraction of sp³-hybridized carbons (Fsp3) is 0.0571. The summed E-state index contributed by atoms with van der Waals surface area (Å²) in [5.74, 6) is 0. The number of para-hydroxylation sites is 1. The molecule has 196 valence electrons. The number of rotatable bonds is 7. The third-order valence-corrected chi connectivity index (χ3v) is 8.76. The van der Waals surface area contributed by atoms with E-state index in [0.717, 1.165) is 44.4 Å². The lowest BCUT2D eigenvalue weighted by Gasteiger charge is -2.29. The molecule has 4 nitrogen and oxygen atoms in total. The molecule has 0 bridgehead atoms. The molecule has 0 radical (unpaired) electrons. The van der Waals surface area contributed by atoms with Gasteiger partial charge in [-0.15, -0.1) is 0 Å². The van der Waals surface area contributed by atoms with Gasteiger partial charge in [-0.3, -0.25) is 4.31 Å². The Morgan fingerprint density at radius 2 is 1.18 bits per heavy atom. The third-order valence-electron chi connectivity index (χ3n) is 7.00. The van der Waals surface area contributed by atoms with Crippen LogP contribution < -0.4 is 4.31 Å². The minimum Gasteiger partial charge on any atom is -0.261 e. The van der Waals surface area contributed by atoms with Crippen LogP contribution in [0.1, 0.15) is 11.1 Å². The number of sulfonamides is 1. The fourth-order valence-electron chi connectivity index (χ4n) is 5.01. The van der Waals surface area contributed by atoms with E-state index in [2.05, 4.69) is 0 Å². The van der Waals surface area contributed by atoms with Gasteiger partial charge in [-0.05, 0) is 36.2 Å². The van der Waals surface area contributed by atoms with E-state index >= 15 is 0 Å². The van der Waals surface area contributed by atoms with Crippen molar-refractivity contribution in [3.63, 3.8) is 0 Å². The Balaban J connectivity index is 1.74. The van der Waals surface area contributed by atoms with Gasteiger partial charge in [-0.1, -0.05) is 127 Å². The van der Waals surface area contributed by atoms with Crippen LogP contribution in [0.15, 0.2) is 144 Å². The maximum atomic E-state index is 14.6. The van der Waals surface area contributed by atoms with Gasteiger partial charge in [0.2, 0.25) is 0 Å². The highest BCUT2D eigenvalue weighted by Gasteiger charge is 2.31. The number of hydrogen-bond acceptors (Lipinski definition) is 3. The van der Waals surface area contributed by atoms with Crippen LogP contribution in [-0.2, 0) is 16.6 Å². The molecule has 0 amide bonds. The van der Waals surface area contributed by atoms with Crippen molar-refractivity contribution >= 4 is 26.6 Å². The summed E-state index contributed by atoms with van der Waals surface area (Å²) >= 11 is 0. The molecule has 6 rings (SSSR count). The first-order chi connectivity index (χ1) is 19.5. The predicted molar refractivity (Wildman–Crippen MR) is 164 cm³/mol. The van der Waals surface area contributed by atoms with Gasteiger partial charge < -0.3 is 0 Å². The molecule has 1 aromatic heterocycles. The quantitative estimate of drug-likeness (QED) is 0.205. The van der Waals surface area contributed by atoms with Crippen molar-refractivity contribution in [1.82, 2.24) is 4.98 Å². The molecule has 40 heavy (non-hydrogen) atoms. The summed E-state index contributed by atoms with van der Waals surface area (Å²) in [7, 11) is -3.98. The Labute approximate surface area is 235 Å². The zero-order valence-corrected chi connectivity index (χ0v) is 22.9. The van der Waals surface area contributed by atoms with Crippen molar-refractivity contribution < 1.29 is 8.42 Å². The minimum atomic E-state index is -3.98. The lowest BCUT2D eigenvalue weighted by molar-refractivity contribution is 0.590. The number of nitrogens with zero attached hydrogens (tertiary/aromatic N) is 2. The molecule has 0 unspecified atom stereocenters. The van der Waals surface area contributed by atoms with Gasteiger partial charge in [0.05, 0.1) is 28.3 Å². The highest BCUT2D eigenvalue weighted by Crippen LogP contribution is 2.45. The van der Waals surface area contributed by atoms with Crippen LogP contribution in [-0.4, -0.2) is 13.4 Å². The third kappa shape index (κ3) is 4.88. The molecule has 0 aliphatic rings. The van der Waals surface area contributed by atoms with Crippen molar-refractivity contribution in [1.29, 1.82) is 0 Å². The number of pyridine rings is 1. The maximum absolute atomic E-state index is 14.6. The fourth-order valence-corrected chi connectivity index (χ4v) is 6.49. The second-order valence-corrected chi connectivity index (χ2v) is 11.6. The van der Waals surface area contributed by atoms with E-state index in [0.29, 0.717) is 5.69 Å². The molecule has 0 spiro atoms. The first-order valence-electron chi connectivity index (χ1n) is 13.2. The Morgan fingerprint density at radius 1 is 0.625 bits per heavy atom. The number of hydrogen-bond donors (Lipinski definition) is 0. The Morgan fingerprint density at radius 3 is 1.82 bits per heavy atom. The molecule has 0 saturated heterocycles. The molecule has 0 saturated carbocycles. The number of benzene rings is 5. The SMILES string of the molecule is Cc1ccc(S(=O)(=O)N(Cc2ccccc2)c2c(-c3ccccc3)c(-c3ccccc3)nc3ccccc23)cc1. The normalized spacial score (nSPS) is 11.4. The van der Waals surface area contributed by atoms with Gasteiger partial charge >= 0.3 is 0 Å². The summed E-state index contributed by atoms with van der Waals surface area (Å²) < 4.78 is 30.8. The van der Waals surface area contributed by atoms with Crippen LogP contribution in [0.5, 0.6) is 0 Å². The van der Waals surface area contributed by atoms with Crippen molar-refractivity contribution in [2.75, 3.05) is 4.31 Å².